The summed E-state index contributed by atoms with van der Waals surface area (Å²) in [6, 6.07) is 3.99. The van der Waals surface area contributed by atoms with Crippen LogP contribution in [-0.2, 0) is 0 Å². The Labute approximate surface area is 122 Å². The normalized spacial score (nSPS) is 14.8. The van der Waals surface area contributed by atoms with E-state index in [2.05, 4.69) is 49.9 Å². The van der Waals surface area contributed by atoms with Gasteiger partial charge in [0.25, 0.3) is 0 Å². The van der Waals surface area contributed by atoms with E-state index in [-0.39, 0.29) is 11.9 Å². The molecular formula is C16H28FN3. The summed E-state index contributed by atoms with van der Waals surface area (Å²) in [5.74, 6) is 0.357. The average molecular weight is 281 g/mol. The van der Waals surface area contributed by atoms with Gasteiger partial charge in [0.15, 0.2) is 0 Å². The van der Waals surface area contributed by atoms with Crippen molar-refractivity contribution in [2.45, 2.75) is 46.2 Å². The lowest BCUT2D eigenvalue weighted by Crippen LogP contribution is -2.36. The van der Waals surface area contributed by atoms with E-state index in [0.29, 0.717) is 12.0 Å². The summed E-state index contributed by atoms with van der Waals surface area (Å²) >= 11 is 0. The molecule has 20 heavy (non-hydrogen) atoms. The van der Waals surface area contributed by atoms with Gasteiger partial charge in [-0.15, -0.1) is 0 Å². The second-order valence-electron chi connectivity index (χ2n) is 5.77. The third kappa shape index (κ3) is 5.17. The molecule has 1 aromatic rings. The van der Waals surface area contributed by atoms with Crippen LogP contribution >= 0.6 is 0 Å². The predicted molar refractivity (Wildman–Crippen MR) is 82.2 cm³/mol. The highest BCUT2D eigenvalue weighted by molar-refractivity contribution is 5.10. The Morgan fingerprint density at radius 1 is 1.30 bits per heavy atom. The highest BCUT2D eigenvalue weighted by atomic mass is 19.1. The number of nitrogens with one attached hydrogen (secondary N) is 1. The third-order valence-electron chi connectivity index (χ3n) is 3.99. The first-order chi connectivity index (χ1) is 9.45. The van der Waals surface area contributed by atoms with Crippen molar-refractivity contribution in [2.24, 2.45) is 5.92 Å². The van der Waals surface area contributed by atoms with Gasteiger partial charge in [-0.05, 0) is 51.5 Å². The van der Waals surface area contributed by atoms with E-state index in [9.17, 15) is 4.39 Å². The molecule has 0 saturated heterocycles. The van der Waals surface area contributed by atoms with E-state index < -0.39 is 0 Å². The molecule has 0 spiro atoms. The molecule has 0 fully saturated rings. The van der Waals surface area contributed by atoms with Crippen LogP contribution in [0.3, 0.4) is 0 Å². The Kier molecular flexibility index (Phi) is 7.10. The van der Waals surface area contributed by atoms with Crippen molar-refractivity contribution in [3.8, 4) is 0 Å². The first-order valence-electron chi connectivity index (χ1n) is 7.50. The van der Waals surface area contributed by atoms with Crippen LogP contribution in [0.2, 0.25) is 0 Å². The Bertz CT molecular complexity index is 378. The van der Waals surface area contributed by atoms with Crippen LogP contribution in [0.4, 0.5) is 4.39 Å². The minimum absolute atomic E-state index is 0.183. The summed E-state index contributed by atoms with van der Waals surface area (Å²) in [6.07, 6.45) is 2.26. The fraction of sp³-hybridized carbons (Fsp3) is 0.688. The zero-order valence-corrected chi connectivity index (χ0v) is 13.4. The van der Waals surface area contributed by atoms with Crippen LogP contribution < -0.4 is 5.32 Å². The fourth-order valence-electron chi connectivity index (χ4n) is 2.24. The average Bonchev–Trinajstić information content (AvgIpc) is 2.43. The topological polar surface area (TPSA) is 28.2 Å². The van der Waals surface area contributed by atoms with E-state index in [1.54, 1.807) is 6.07 Å². The summed E-state index contributed by atoms with van der Waals surface area (Å²) in [5.41, 5.74) is 0.916. The van der Waals surface area contributed by atoms with E-state index in [1.807, 2.05) is 0 Å². The number of aromatic nitrogens is 1. The number of rotatable bonds is 8. The van der Waals surface area contributed by atoms with Crippen LogP contribution in [0.1, 0.15) is 45.9 Å². The van der Waals surface area contributed by atoms with Gasteiger partial charge in [0.05, 0.1) is 17.9 Å². The molecule has 0 radical (unpaired) electrons. The van der Waals surface area contributed by atoms with Crippen molar-refractivity contribution in [3.63, 3.8) is 0 Å². The van der Waals surface area contributed by atoms with E-state index >= 15 is 0 Å². The first kappa shape index (κ1) is 17.1. The van der Waals surface area contributed by atoms with Crippen molar-refractivity contribution in [3.05, 3.63) is 29.8 Å². The number of hydrogen-bond donors (Lipinski definition) is 1. The largest absolute Gasteiger partial charge is 0.309 e. The lowest BCUT2D eigenvalue weighted by Gasteiger charge is -2.29. The van der Waals surface area contributed by atoms with Crippen LogP contribution in [0.25, 0.3) is 0 Å². The summed E-state index contributed by atoms with van der Waals surface area (Å²) in [6.45, 7) is 10.7. The molecule has 114 valence electrons. The van der Waals surface area contributed by atoms with Gasteiger partial charge in [-0.1, -0.05) is 20.8 Å². The molecule has 2 atom stereocenters. The number of hydrogen-bond acceptors (Lipinski definition) is 3. The number of nitrogens with zero attached hydrogens (tertiary/aromatic N) is 2. The zero-order valence-electron chi connectivity index (χ0n) is 13.4. The third-order valence-corrected chi connectivity index (χ3v) is 3.99. The zero-order chi connectivity index (χ0) is 15.1. The van der Waals surface area contributed by atoms with E-state index in [1.165, 1.54) is 12.3 Å². The van der Waals surface area contributed by atoms with Crippen molar-refractivity contribution >= 4 is 0 Å². The van der Waals surface area contributed by atoms with Crippen molar-refractivity contribution < 1.29 is 4.39 Å². The Balaban J connectivity index is 2.61. The number of pyridine rings is 1. The molecule has 1 rings (SSSR count). The monoisotopic (exact) mass is 281 g/mol. The molecule has 0 aliphatic carbocycles. The highest BCUT2D eigenvalue weighted by Gasteiger charge is 2.17. The molecule has 2 unspecified atom stereocenters. The summed E-state index contributed by atoms with van der Waals surface area (Å²) in [5, 5.41) is 3.43. The molecule has 4 heteroatoms. The second-order valence-corrected chi connectivity index (χ2v) is 5.77. The minimum Gasteiger partial charge on any atom is -0.309 e. The van der Waals surface area contributed by atoms with Crippen molar-refractivity contribution in [2.75, 3.05) is 20.1 Å². The van der Waals surface area contributed by atoms with Gasteiger partial charge >= 0.3 is 0 Å². The molecule has 3 nitrogen and oxygen atoms in total. The molecule has 1 heterocycles. The Morgan fingerprint density at radius 3 is 2.50 bits per heavy atom. The van der Waals surface area contributed by atoms with Gasteiger partial charge in [-0.3, -0.25) is 4.98 Å². The fourth-order valence-corrected chi connectivity index (χ4v) is 2.24. The van der Waals surface area contributed by atoms with Gasteiger partial charge in [-0.25, -0.2) is 4.39 Å². The lowest BCUT2D eigenvalue weighted by atomic mass is 10.0. The van der Waals surface area contributed by atoms with Gasteiger partial charge in [0.2, 0.25) is 0 Å². The quantitative estimate of drug-likeness (QED) is 0.793. The highest BCUT2D eigenvalue weighted by Crippen LogP contribution is 2.17. The maximum Gasteiger partial charge on any atom is 0.141 e. The predicted octanol–water partition coefficient (Wildman–Crippen LogP) is 3.24. The molecule has 1 aromatic heterocycles. The molecule has 0 aliphatic rings. The molecule has 0 saturated carbocycles. The maximum absolute atomic E-state index is 13.0. The maximum atomic E-state index is 13.0. The van der Waals surface area contributed by atoms with Crippen molar-refractivity contribution in [1.82, 2.24) is 15.2 Å². The molecule has 0 aromatic carbocycles. The van der Waals surface area contributed by atoms with E-state index in [4.69, 9.17) is 0 Å². The van der Waals surface area contributed by atoms with Gasteiger partial charge < -0.3 is 10.2 Å². The van der Waals surface area contributed by atoms with Crippen LogP contribution in [0.15, 0.2) is 18.3 Å². The smallest absolute Gasteiger partial charge is 0.141 e. The van der Waals surface area contributed by atoms with Crippen LogP contribution in [-0.4, -0.2) is 36.1 Å². The lowest BCUT2D eigenvalue weighted by molar-refractivity contribution is 0.198. The van der Waals surface area contributed by atoms with Gasteiger partial charge in [0, 0.05) is 6.04 Å². The Hall–Kier alpha value is -1.00. The first-order valence-corrected chi connectivity index (χ1v) is 7.50. The molecular weight excluding hydrogens is 253 g/mol. The summed E-state index contributed by atoms with van der Waals surface area (Å²) < 4.78 is 13.0. The second kappa shape index (κ2) is 8.32. The summed E-state index contributed by atoms with van der Waals surface area (Å²) in [7, 11) is 2.16. The van der Waals surface area contributed by atoms with Gasteiger partial charge in [0.1, 0.15) is 5.82 Å². The summed E-state index contributed by atoms with van der Waals surface area (Å²) in [4.78, 5) is 6.57. The standard InChI is InChI=1S/C16H28FN3/c1-6-18-16(15-8-7-14(17)11-19-15)9-10-20(5)13(4)12(2)3/h7-8,11-13,16,18H,6,9-10H2,1-5H3. The van der Waals surface area contributed by atoms with E-state index in [0.717, 1.165) is 25.2 Å². The molecule has 1 N–H and O–H groups in total. The molecule has 0 bridgehead atoms. The molecule has 0 amide bonds. The van der Waals surface area contributed by atoms with Crippen LogP contribution in [0.5, 0.6) is 0 Å². The van der Waals surface area contributed by atoms with Crippen LogP contribution in [0, 0.1) is 11.7 Å². The Morgan fingerprint density at radius 2 is 2.00 bits per heavy atom. The minimum atomic E-state index is -0.283. The van der Waals surface area contributed by atoms with Gasteiger partial charge in [-0.2, -0.15) is 0 Å². The SMILES string of the molecule is CCNC(CCN(C)C(C)C(C)C)c1ccc(F)cn1. The van der Waals surface area contributed by atoms with Crippen molar-refractivity contribution in [1.29, 1.82) is 0 Å². The number of halogens is 1. The molecule has 0 aliphatic heterocycles.